The van der Waals surface area contributed by atoms with Crippen molar-refractivity contribution in [2.75, 3.05) is 13.2 Å². The van der Waals surface area contributed by atoms with Gasteiger partial charge in [0.25, 0.3) is 0 Å². The molecule has 3 saturated heterocycles. The summed E-state index contributed by atoms with van der Waals surface area (Å²) in [6.45, 7) is 0.519. The van der Waals surface area contributed by atoms with E-state index in [1.165, 1.54) is 4.90 Å². The van der Waals surface area contributed by atoms with Gasteiger partial charge >= 0.3 is 6.09 Å². The lowest BCUT2D eigenvalue weighted by Crippen LogP contribution is -2.61. The average molecular weight is 951 g/mol. The van der Waals surface area contributed by atoms with Crippen LogP contribution in [0, 0.1) is 0 Å². The Hall–Kier alpha value is -6.18. The molecule has 4 aliphatic rings. The zero-order valence-electron chi connectivity index (χ0n) is 36.3. The van der Waals surface area contributed by atoms with Crippen molar-refractivity contribution in [3.63, 3.8) is 0 Å². The second-order valence-corrected chi connectivity index (χ2v) is 16.2. The zero-order valence-corrected chi connectivity index (χ0v) is 36.3. The van der Waals surface area contributed by atoms with Crippen molar-refractivity contribution in [1.29, 1.82) is 0 Å². The van der Waals surface area contributed by atoms with Crippen LogP contribution in [0.4, 0.5) is 4.79 Å². The SMILES string of the molecule is CC(C1CCC(N=[N+]=[N-])C(OC2C(N=[N+]=[N-])CC(N=[N+]=[N-])C(O)C2OC2OC(CO)C(OC3OC(CN=[N+]=[N-])C(O)C(O)C3N=[N+]=[N-])C2O)O1)N(Cc1ccccc1)C(=O)OCc1ccccc1. The van der Waals surface area contributed by atoms with E-state index in [0.29, 0.717) is 0 Å². The van der Waals surface area contributed by atoms with Crippen LogP contribution in [-0.2, 0) is 46.3 Å². The van der Waals surface area contributed by atoms with E-state index in [0.717, 1.165) is 11.1 Å². The van der Waals surface area contributed by atoms with Crippen molar-refractivity contribution in [1.82, 2.24) is 4.90 Å². The van der Waals surface area contributed by atoms with Crippen molar-refractivity contribution < 1.29 is 63.5 Å². The van der Waals surface area contributed by atoms with Gasteiger partial charge < -0.3 is 58.7 Å². The van der Waals surface area contributed by atoms with Gasteiger partial charge in [0.1, 0.15) is 43.2 Å². The summed E-state index contributed by atoms with van der Waals surface area (Å²) in [4.78, 5) is 29.3. The van der Waals surface area contributed by atoms with Crippen LogP contribution in [0.1, 0.15) is 37.3 Å². The Morgan fingerprint density at radius 1 is 0.676 bits per heavy atom. The van der Waals surface area contributed by atoms with Crippen molar-refractivity contribution in [2.24, 2.45) is 25.6 Å². The third kappa shape index (κ3) is 12.3. The first-order chi connectivity index (χ1) is 33.0. The number of amides is 1. The fourth-order valence-corrected chi connectivity index (χ4v) is 8.53. The van der Waals surface area contributed by atoms with Gasteiger partial charge in [-0.05, 0) is 65.0 Å². The first kappa shape index (κ1) is 51.2. The minimum Gasteiger partial charge on any atom is -0.445 e. The van der Waals surface area contributed by atoms with E-state index in [1.807, 2.05) is 60.7 Å². The highest BCUT2D eigenvalue weighted by molar-refractivity contribution is 5.68. The summed E-state index contributed by atoms with van der Waals surface area (Å²) in [5.74, 6) is 0. The summed E-state index contributed by atoms with van der Waals surface area (Å²) in [7, 11) is 0. The first-order valence-corrected chi connectivity index (χ1v) is 21.4. The minimum absolute atomic E-state index is 0.0144. The number of benzene rings is 2. The molecule has 68 heavy (non-hydrogen) atoms. The lowest BCUT2D eigenvalue weighted by Gasteiger charge is -2.46. The van der Waals surface area contributed by atoms with Gasteiger partial charge in [0.2, 0.25) is 0 Å². The highest BCUT2D eigenvalue weighted by Crippen LogP contribution is 2.38. The molecule has 5 N–H and O–H groups in total. The molecular weight excluding hydrogens is 901 g/mol. The smallest absolute Gasteiger partial charge is 0.410 e. The fourth-order valence-electron chi connectivity index (χ4n) is 8.53. The van der Waals surface area contributed by atoms with Gasteiger partial charge in [-0.15, -0.1) is 0 Å². The summed E-state index contributed by atoms with van der Waals surface area (Å²) in [5.41, 5.74) is 48.3. The summed E-state index contributed by atoms with van der Waals surface area (Å²) < 4.78 is 42.4. The highest BCUT2D eigenvalue weighted by atomic mass is 16.8. The highest BCUT2D eigenvalue weighted by Gasteiger charge is 2.55. The van der Waals surface area contributed by atoms with Crippen LogP contribution in [-0.4, -0.2) is 160 Å². The molecule has 0 radical (unpaired) electrons. The summed E-state index contributed by atoms with van der Waals surface area (Å²) >= 11 is 0. The van der Waals surface area contributed by atoms with Crippen LogP contribution < -0.4 is 0 Å². The van der Waals surface area contributed by atoms with Gasteiger partial charge in [0.05, 0.1) is 67.8 Å². The molecule has 2 aromatic carbocycles. The second-order valence-electron chi connectivity index (χ2n) is 16.2. The van der Waals surface area contributed by atoms with Gasteiger partial charge in [0.15, 0.2) is 18.9 Å². The molecule has 3 heterocycles. The molecule has 364 valence electrons. The molecule has 1 saturated carbocycles. The maximum Gasteiger partial charge on any atom is 0.410 e. The van der Waals surface area contributed by atoms with Gasteiger partial charge in [-0.25, -0.2) is 4.79 Å². The molecule has 4 fully saturated rings. The number of ether oxygens (including phenoxy) is 7. The third-order valence-electron chi connectivity index (χ3n) is 12.1. The van der Waals surface area contributed by atoms with E-state index in [-0.39, 0.29) is 32.4 Å². The van der Waals surface area contributed by atoms with E-state index >= 15 is 0 Å². The Balaban J connectivity index is 1.27. The molecule has 1 amide bonds. The van der Waals surface area contributed by atoms with Crippen LogP contribution in [0.15, 0.2) is 86.2 Å². The van der Waals surface area contributed by atoms with Gasteiger partial charge in [-0.2, -0.15) is 0 Å². The second kappa shape index (κ2) is 24.7. The number of rotatable bonds is 19. The number of azide groups is 5. The maximum atomic E-state index is 13.9. The molecule has 0 aromatic heterocycles. The van der Waals surface area contributed by atoms with Gasteiger partial charge in [-0.3, -0.25) is 4.90 Å². The Labute approximate surface area is 386 Å². The number of carbonyl (C=O) groups is 1. The molecule has 29 heteroatoms. The predicted molar refractivity (Wildman–Crippen MR) is 229 cm³/mol. The number of hydrogen-bond donors (Lipinski definition) is 5. The number of aliphatic hydroxyl groups is 5. The average Bonchev–Trinajstić information content (AvgIpc) is 3.65. The number of hydrogen-bond acceptors (Lipinski definition) is 18. The van der Waals surface area contributed by atoms with E-state index in [2.05, 4.69) is 50.1 Å². The number of carbonyl (C=O) groups excluding carboxylic acids is 1. The Morgan fingerprint density at radius 3 is 1.93 bits per heavy atom. The molecule has 0 spiro atoms. The van der Waals surface area contributed by atoms with Crippen LogP contribution in [0.25, 0.3) is 52.2 Å². The van der Waals surface area contributed by atoms with Crippen molar-refractivity contribution in [3.8, 4) is 0 Å². The van der Waals surface area contributed by atoms with Crippen LogP contribution in [0.5, 0.6) is 0 Å². The van der Waals surface area contributed by atoms with Crippen LogP contribution in [0.3, 0.4) is 0 Å². The molecule has 0 bridgehead atoms. The van der Waals surface area contributed by atoms with Gasteiger partial charge in [-0.1, -0.05) is 86.2 Å². The van der Waals surface area contributed by atoms with Crippen molar-refractivity contribution >= 4 is 6.09 Å². The maximum absolute atomic E-state index is 13.9. The molecule has 18 unspecified atom stereocenters. The Kier molecular flexibility index (Phi) is 18.6. The zero-order chi connectivity index (χ0) is 48.7. The number of nitrogens with zero attached hydrogens (tertiary/aromatic N) is 16. The molecule has 6 rings (SSSR count). The standard InChI is InChI=1S/C39H50N16O13/c1-19(55(16-20-8-4-2-5-9-20)39(61)62-18-21-10-6-3-7-11-21)25-13-12-22(46-51-41)36(63-25)66-33-24(48-53-43)14-23(47-52-42)29(57)35(33)68-38-32(60)34(27(17-56)65-38)67-37-28(49-54-44)31(59)30(58)26(64-37)15-45-50-40/h2-11,19,22-38,56-60H,12-18H2,1H3. The third-order valence-corrected chi connectivity index (χ3v) is 12.1. The Morgan fingerprint density at radius 2 is 1.28 bits per heavy atom. The van der Waals surface area contributed by atoms with Crippen LogP contribution >= 0.6 is 0 Å². The minimum atomic E-state index is -1.89. The van der Waals surface area contributed by atoms with E-state index in [1.54, 1.807) is 6.92 Å². The first-order valence-electron chi connectivity index (χ1n) is 21.4. The fraction of sp³-hybridized carbons (Fsp3) is 0.667. The molecule has 1 aliphatic carbocycles. The van der Waals surface area contributed by atoms with Gasteiger partial charge in [0, 0.05) is 31.1 Å². The Bertz CT molecular complexity index is 2230. The monoisotopic (exact) mass is 950 g/mol. The quantitative estimate of drug-likeness (QED) is 0.0750. The molecule has 2 aromatic rings. The van der Waals surface area contributed by atoms with E-state index in [4.69, 9.17) is 38.7 Å². The lowest BCUT2D eigenvalue weighted by molar-refractivity contribution is -0.291. The summed E-state index contributed by atoms with van der Waals surface area (Å²) in [6.07, 6.45) is -21.2. The predicted octanol–water partition coefficient (Wildman–Crippen LogP) is 4.19. The molecule has 18 atom stereocenters. The van der Waals surface area contributed by atoms with Crippen molar-refractivity contribution in [3.05, 3.63) is 124 Å². The van der Waals surface area contributed by atoms with Crippen molar-refractivity contribution in [2.45, 2.75) is 149 Å². The number of aliphatic hydroxyl groups excluding tert-OH is 5. The molecule has 3 aliphatic heterocycles. The topological polar surface area (TPSA) is 430 Å². The largest absolute Gasteiger partial charge is 0.445 e. The van der Waals surface area contributed by atoms with E-state index < -0.39 is 129 Å². The normalized spacial score (nSPS) is 34.8. The molecular formula is C39H50N16O13. The van der Waals surface area contributed by atoms with E-state index in [9.17, 15) is 52.5 Å². The summed E-state index contributed by atoms with van der Waals surface area (Å²) in [5, 5.41) is 73.4. The molecule has 29 nitrogen and oxygen atoms in total. The summed E-state index contributed by atoms with van der Waals surface area (Å²) in [6, 6.07) is 12.3. The van der Waals surface area contributed by atoms with Crippen LogP contribution in [0.2, 0.25) is 0 Å². The lowest BCUT2D eigenvalue weighted by atomic mass is 9.84.